The van der Waals surface area contributed by atoms with Gasteiger partial charge in [0.2, 0.25) is 0 Å². The van der Waals surface area contributed by atoms with Gasteiger partial charge in [0.05, 0.1) is 33.1 Å². The summed E-state index contributed by atoms with van der Waals surface area (Å²) in [6, 6.07) is 12.9. The van der Waals surface area contributed by atoms with Crippen LogP contribution in [0.15, 0.2) is 42.5 Å². The molecule has 1 saturated heterocycles. The van der Waals surface area contributed by atoms with Crippen molar-refractivity contribution in [3.63, 3.8) is 0 Å². The second-order valence-electron chi connectivity index (χ2n) is 5.67. The molecule has 1 fully saturated rings. The van der Waals surface area contributed by atoms with Crippen molar-refractivity contribution in [2.75, 3.05) is 50.7 Å². The van der Waals surface area contributed by atoms with Gasteiger partial charge in [-0.2, -0.15) is 0 Å². The number of nitrogens with zero attached hydrogens (tertiary/aromatic N) is 1. The van der Waals surface area contributed by atoms with Crippen LogP contribution in [0.5, 0.6) is 11.5 Å². The number of carbonyl (C=O) groups is 1. The summed E-state index contributed by atoms with van der Waals surface area (Å²) in [4.78, 5) is 14.7. The molecule has 0 radical (unpaired) electrons. The molecule has 0 unspecified atom stereocenters. The molecule has 0 spiro atoms. The summed E-state index contributed by atoms with van der Waals surface area (Å²) in [6.07, 6.45) is 0. The second kappa shape index (κ2) is 7.90. The first-order valence-electron chi connectivity index (χ1n) is 8.17. The van der Waals surface area contributed by atoms with Crippen LogP contribution in [0.3, 0.4) is 0 Å². The van der Waals surface area contributed by atoms with Gasteiger partial charge >= 0.3 is 0 Å². The summed E-state index contributed by atoms with van der Waals surface area (Å²) >= 11 is 0. The van der Waals surface area contributed by atoms with Gasteiger partial charge in [0, 0.05) is 30.4 Å². The van der Waals surface area contributed by atoms with Gasteiger partial charge in [-0.25, -0.2) is 0 Å². The molecular weight excluding hydrogens is 320 g/mol. The molecule has 25 heavy (non-hydrogen) atoms. The minimum absolute atomic E-state index is 0.183. The fraction of sp³-hybridized carbons (Fsp3) is 0.316. The maximum atomic E-state index is 12.5. The molecule has 1 amide bonds. The Kier molecular flexibility index (Phi) is 5.40. The topological polar surface area (TPSA) is 60.0 Å². The molecule has 0 aromatic heterocycles. The van der Waals surface area contributed by atoms with Crippen LogP contribution in [-0.2, 0) is 4.74 Å². The lowest BCUT2D eigenvalue weighted by Gasteiger charge is -2.28. The molecule has 1 aliphatic heterocycles. The first-order valence-corrected chi connectivity index (χ1v) is 8.17. The first-order chi connectivity index (χ1) is 12.2. The minimum atomic E-state index is -0.183. The Morgan fingerprint density at radius 1 is 1.04 bits per heavy atom. The van der Waals surface area contributed by atoms with E-state index in [0.717, 1.165) is 32.0 Å². The summed E-state index contributed by atoms with van der Waals surface area (Å²) < 4.78 is 15.8. The zero-order valence-corrected chi connectivity index (χ0v) is 14.5. The fourth-order valence-electron chi connectivity index (χ4n) is 2.74. The highest BCUT2D eigenvalue weighted by Crippen LogP contribution is 2.29. The van der Waals surface area contributed by atoms with Crippen LogP contribution in [0.4, 0.5) is 11.4 Å². The number of anilines is 2. The summed E-state index contributed by atoms with van der Waals surface area (Å²) in [5, 5.41) is 2.87. The van der Waals surface area contributed by atoms with Gasteiger partial charge < -0.3 is 24.4 Å². The van der Waals surface area contributed by atoms with Crippen LogP contribution in [0.2, 0.25) is 0 Å². The fourth-order valence-corrected chi connectivity index (χ4v) is 2.74. The third kappa shape index (κ3) is 4.03. The number of nitrogens with one attached hydrogen (secondary N) is 1. The van der Waals surface area contributed by atoms with Gasteiger partial charge in [-0.05, 0) is 36.4 Å². The second-order valence-corrected chi connectivity index (χ2v) is 5.67. The number of morpholine rings is 1. The van der Waals surface area contributed by atoms with E-state index in [9.17, 15) is 4.79 Å². The van der Waals surface area contributed by atoms with E-state index in [1.807, 2.05) is 24.3 Å². The molecule has 2 aromatic rings. The Labute approximate surface area is 147 Å². The van der Waals surface area contributed by atoms with Crippen LogP contribution in [0.25, 0.3) is 0 Å². The van der Waals surface area contributed by atoms with Gasteiger partial charge in [-0.1, -0.05) is 0 Å². The molecule has 0 aliphatic carbocycles. The SMILES string of the molecule is COc1ccc(NC(=O)c2ccc(N3CCOCC3)cc2)c(OC)c1. The number of carbonyl (C=O) groups excluding carboxylic acids is 1. The van der Waals surface area contributed by atoms with E-state index in [1.54, 1.807) is 32.4 Å². The Hall–Kier alpha value is -2.73. The molecule has 0 atom stereocenters. The van der Waals surface area contributed by atoms with Crippen LogP contribution < -0.4 is 19.7 Å². The third-order valence-corrected chi connectivity index (χ3v) is 4.16. The maximum absolute atomic E-state index is 12.5. The van der Waals surface area contributed by atoms with Crippen molar-refractivity contribution in [2.45, 2.75) is 0 Å². The normalized spacial score (nSPS) is 14.1. The first kappa shape index (κ1) is 17.1. The zero-order chi connectivity index (χ0) is 17.6. The molecular formula is C19H22N2O4. The Morgan fingerprint density at radius 3 is 2.40 bits per heavy atom. The molecule has 6 heteroatoms. The van der Waals surface area contributed by atoms with Crippen molar-refractivity contribution >= 4 is 17.3 Å². The number of hydrogen-bond acceptors (Lipinski definition) is 5. The molecule has 1 heterocycles. The lowest BCUT2D eigenvalue weighted by atomic mass is 10.1. The van der Waals surface area contributed by atoms with Gasteiger partial charge in [0.1, 0.15) is 11.5 Å². The quantitative estimate of drug-likeness (QED) is 0.905. The van der Waals surface area contributed by atoms with E-state index in [1.165, 1.54) is 0 Å². The monoisotopic (exact) mass is 342 g/mol. The third-order valence-electron chi connectivity index (χ3n) is 4.16. The summed E-state index contributed by atoms with van der Waals surface area (Å²) in [6.45, 7) is 3.21. The van der Waals surface area contributed by atoms with E-state index < -0.39 is 0 Å². The molecule has 3 rings (SSSR count). The van der Waals surface area contributed by atoms with Gasteiger partial charge in [-0.15, -0.1) is 0 Å². The highest BCUT2D eigenvalue weighted by atomic mass is 16.5. The number of ether oxygens (including phenoxy) is 3. The average Bonchev–Trinajstić information content (AvgIpc) is 2.69. The lowest BCUT2D eigenvalue weighted by Crippen LogP contribution is -2.36. The molecule has 0 saturated carbocycles. The lowest BCUT2D eigenvalue weighted by molar-refractivity contribution is 0.102. The van der Waals surface area contributed by atoms with E-state index >= 15 is 0 Å². The largest absolute Gasteiger partial charge is 0.497 e. The van der Waals surface area contributed by atoms with Crippen molar-refractivity contribution in [3.05, 3.63) is 48.0 Å². The van der Waals surface area contributed by atoms with Crippen molar-refractivity contribution in [1.29, 1.82) is 0 Å². The van der Waals surface area contributed by atoms with Crippen molar-refractivity contribution in [1.82, 2.24) is 0 Å². The molecule has 0 bridgehead atoms. The zero-order valence-electron chi connectivity index (χ0n) is 14.5. The summed E-state index contributed by atoms with van der Waals surface area (Å²) in [5.74, 6) is 1.04. The van der Waals surface area contributed by atoms with E-state index in [0.29, 0.717) is 22.7 Å². The highest BCUT2D eigenvalue weighted by Gasteiger charge is 2.13. The number of amides is 1. The number of benzene rings is 2. The van der Waals surface area contributed by atoms with Crippen LogP contribution in [-0.4, -0.2) is 46.4 Å². The molecule has 1 aliphatic rings. The van der Waals surface area contributed by atoms with Crippen molar-refractivity contribution in [3.8, 4) is 11.5 Å². The smallest absolute Gasteiger partial charge is 0.255 e. The molecule has 2 aromatic carbocycles. The van der Waals surface area contributed by atoms with Crippen molar-refractivity contribution < 1.29 is 19.0 Å². The molecule has 1 N–H and O–H groups in total. The predicted molar refractivity (Wildman–Crippen MR) is 97.0 cm³/mol. The van der Waals surface area contributed by atoms with Crippen LogP contribution >= 0.6 is 0 Å². The van der Waals surface area contributed by atoms with E-state index in [-0.39, 0.29) is 5.91 Å². The Balaban J connectivity index is 1.71. The Bertz CT molecular complexity index is 725. The van der Waals surface area contributed by atoms with Crippen LogP contribution in [0, 0.1) is 0 Å². The standard InChI is InChI=1S/C19H22N2O4/c1-23-16-7-8-17(18(13-16)24-2)20-19(22)14-3-5-15(6-4-14)21-9-11-25-12-10-21/h3-8,13H,9-12H2,1-2H3,(H,20,22). The van der Waals surface area contributed by atoms with Crippen molar-refractivity contribution in [2.24, 2.45) is 0 Å². The number of rotatable bonds is 5. The summed E-state index contributed by atoms with van der Waals surface area (Å²) in [5.41, 5.74) is 2.29. The average molecular weight is 342 g/mol. The number of hydrogen-bond donors (Lipinski definition) is 1. The predicted octanol–water partition coefficient (Wildman–Crippen LogP) is 2.79. The number of methoxy groups -OCH3 is 2. The van der Waals surface area contributed by atoms with E-state index in [4.69, 9.17) is 14.2 Å². The highest BCUT2D eigenvalue weighted by molar-refractivity contribution is 6.05. The molecule has 132 valence electrons. The van der Waals surface area contributed by atoms with Gasteiger partial charge in [-0.3, -0.25) is 4.79 Å². The molecule has 6 nitrogen and oxygen atoms in total. The van der Waals surface area contributed by atoms with Gasteiger partial charge in [0.15, 0.2) is 0 Å². The summed E-state index contributed by atoms with van der Waals surface area (Å²) in [7, 11) is 3.14. The van der Waals surface area contributed by atoms with E-state index in [2.05, 4.69) is 10.2 Å². The Morgan fingerprint density at radius 2 is 1.76 bits per heavy atom. The minimum Gasteiger partial charge on any atom is -0.497 e. The van der Waals surface area contributed by atoms with Crippen LogP contribution in [0.1, 0.15) is 10.4 Å². The van der Waals surface area contributed by atoms with Gasteiger partial charge in [0.25, 0.3) is 5.91 Å². The maximum Gasteiger partial charge on any atom is 0.255 e.